The molecule has 0 aliphatic carbocycles. The third kappa shape index (κ3) is 7.80. The highest BCUT2D eigenvalue weighted by Crippen LogP contribution is 2.18. The molecule has 2 aromatic rings. The van der Waals surface area contributed by atoms with Gasteiger partial charge in [-0.3, -0.25) is 14.6 Å². The van der Waals surface area contributed by atoms with Crippen molar-refractivity contribution >= 4 is 23.2 Å². The molecule has 0 spiro atoms. The van der Waals surface area contributed by atoms with Crippen molar-refractivity contribution in [2.75, 3.05) is 7.05 Å². The van der Waals surface area contributed by atoms with E-state index in [9.17, 15) is 9.59 Å². The number of nitrogens with zero attached hydrogens (tertiary/aromatic N) is 1. The van der Waals surface area contributed by atoms with Crippen LogP contribution < -0.4 is 10.6 Å². The van der Waals surface area contributed by atoms with E-state index >= 15 is 0 Å². The van der Waals surface area contributed by atoms with E-state index in [1.165, 1.54) is 11.1 Å². The average molecular weight is 434 g/mol. The van der Waals surface area contributed by atoms with Crippen LogP contribution in [0, 0.1) is 12.8 Å². The molecule has 0 radical (unpaired) electrons. The molecule has 0 saturated carbocycles. The summed E-state index contributed by atoms with van der Waals surface area (Å²) in [4.78, 5) is 28.0. The lowest BCUT2D eigenvalue weighted by molar-refractivity contribution is -0.125. The third-order valence-corrected chi connectivity index (χ3v) is 5.44. The highest BCUT2D eigenvalue weighted by molar-refractivity contribution is 6.09. The first-order valence-corrected chi connectivity index (χ1v) is 11.2. The molecule has 1 aliphatic heterocycles. The maximum Gasteiger partial charge on any atom is 0.231 e. The van der Waals surface area contributed by atoms with Crippen LogP contribution in [0.5, 0.6) is 0 Å². The lowest BCUT2D eigenvalue weighted by Gasteiger charge is -2.14. The Morgan fingerprint density at radius 1 is 1.19 bits per heavy atom. The van der Waals surface area contributed by atoms with Gasteiger partial charge >= 0.3 is 0 Å². The Morgan fingerprint density at radius 3 is 2.44 bits per heavy atom. The number of amidine groups is 1. The molecule has 0 aromatic heterocycles. The summed E-state index contributed by atoms with van der Waals surface area (Å²) < 4.78 is 0. The fourth-order valence-electron chi connectivity index (χ4n) is 3.57. The topological polar surface area (TPSA) is 70.6 Å². The van der Waals surface area contributed by atoms with Gasteiger partial charge in [-0.2, -0.15) is 0 Å². The molecule has 0 bridgehead atoms. The molecule has 1 aliphatic rings. The maximum absolute atomic E-state index is 12.4. The van der Waals surface area contributed by atoms with Crippen LogP contribution in [0.25, 0.3) is 5.57 Å². The molecule has 1 saturated heterocycles. The number of carbonyl (C=O) groups excluding carboxylic acids is 2. The smallest absolute Gasteiger partial charge is 0.231 e. The van der Waals surface area contributed by atoms with Crippen molar-refractivity contribution in [3.8, 4) is 0 Å². The van der Waals surface area contributed by atoms with Crippen LogP contribution >= 0.6 is 0 Å². The van der Waals surface area contributed by atoms with Gasteiger partial charge in [-0.05, 0) is 50.0 Å². The molecule has 1 heterocycles. The normalized spacial score (nSPS) is 18.5. The van der Waals surface area contributed by atoms with Gasteiger partial charge in [-0.15, -0.1) is 0 Å². The van der Waals surface area contributed by atoms with Gasteiger partial charge < -0.3 is 10.6 Å². The number of benzene rings is 2. The summed E-state index contributed by atoms with van der Waals surface area (Å²) in [6.45, 7) is 8.10. The maximum atomic E-state index is 12.4. The van der Waals surface area contributed by atoms with Gasteiger partial charge in [0.15, 0.2) is 0 Å². The molecule has 2 atom stereocenters. The Hall–Kier alpha value is -3.21. The predicted octanol–water partition coefficient (Wildman–Crippen LogP) is 4.71. The van der Waals surface area contributed by atoms with Gasteiger partial charge in [-0.1, -0.05) is 73.5 Å². The Morgan fingerprint density at radius 2 is 1.91 bits per heavy atom. The number of rotatable bonds is 5. The van der Waals surface area contributed by atoms with Gasteiger partial charge in [0.25, 0.3) is 0 Å². The molecule has 170 valence electrons. The molecular formula is C27H35N3O2. The van der Waals surface area contributed by atoms with Crippen molar-refractivity contribution in [3.63, 3.8) is 0 Å². The predicted molar refractivity (Wildman–Crippen MR) is 132 cm³/mol. The van der Waals surface area contributed by atoms with Crippen LogP contribution in [-0.4, -0.2) is 30.7 Å². The first kappa shape index (κ1) is 25.1. The zero-order chi connectivity index (χ0) is 23.5. The average Bonchev–Trinajstić information content (AvgIpc) is 3.12. The standard InChI is InChI=1S/C20H27N3O2.C7H8/c1-5-7-15-8-6-9-16(11-15)13(2)10-18(21-4)23-20(25)17-12-19(24)22-14(17)3;1-7-5-3-2-4-6-7/h6,8-11,14,17H,5,7,12H2,1-4H3,(H,22,24)(H,21,23,25);2-6H,1H3/b13-10+;. The number of allylic oxidation sites excluding steroid dienone is 1. The quantitative estimate of drug-likeness (QED) is 0.530. The second-order valence-electron chi connectivity index (χ2n) is 8.20. The molecule has 2 amide bonds. The zero-order valence-corrected chi connectivity index (χ0v) is 19.8. The van der Waals surface area contributed by atoms with Crippen LogP contribution in [0.15, 0.2) is 65.7 Å². The molecule has 2 unspecified atom stereocenters. The minimum atomic E-state index is -0.356. The summed E-state index contributed by atoms with van der Waals surface area (Å²) in [5.41, 5.74) is 4.78. The van der Waals surface area contributed by atoms with Crippen molar-refractivity contribution in [2.24, 2.45) is 10.9 Å². The lowest BCUT2D eigenvalue weighted by atomic mass is 10.0. The number of carbonyl (C=O) groups is 2. The second-order valence-corrected chi connectivity index (χ2v) is 8.20. The molecular weight excluding hydrogens is 398 g/mol. The van der Waals surface area contributed by atoms with E-state index in [1.54, 1.807) is 7.05 Å². The number of hydrogen-bond acceptors (Lipinski definition) is 3. The number of amides is 2. The van der Waals surface area contributed by atoms with E-state index in [0.717, 1.165) is 24.0 Å². The van der Waals surface area contributed by atoms with E-state index in [2.05, 4.69) is 65.9 Å². The summed E-state index contributed by atoms with van der Waals surface area (Å²) in [5.74, 6) is -0.0990. The summed E-state index contributed by atoms with van der Waals surface area (Å²) in [7, 11) is 1.65. The van der Waals surface area contributed by atoms with Crippen LogP contribution in [0.2, 0.25) is 0 Å². The Labute approximate surface area is 192 Å². The molecule has 5 heteroatoms. The van der Waals surface area contributed by atoms with Gasteiger partial charge in [0.2, 0.25) is 11.8 Å². The number of nitrogens with one attached hydrogen (secondary N) is 2. The second kappa shape index (κ2) is 12.6. The number of hydrogen-bond donors (Lipinski definition) is 2. The van der Waals surface area contributed by atoms with Gasteiger partial charge in [-0.25, -0.2) is 0 Å². The Balaban J connectivity index is 0.000000439. The number of aryl methyl sites for hydroxylation is 2. The van der Waals surface area contributed by atoms with Gasteiger partial charge in [0.05, 0.1) is 5.92 Å². The molecule has 2 N–H and O–H groups in total. The molecule has 3 rings (SSSR count). The lowest BCUT2D eigenvalue weighted by Crippen LogP contribution is -2.39. The van der Waals surface area contributed by atoms with Crippen molar-refractivity contribution in [2.45, 2.75) is 53.0 Å². The van der Waals surface area contributed by atoms with Crippen LogP contribution in [0.3, 0.4) is 0 Å². The van der Waals surface area contributed by atoms with E-state index in [1.807, 2.05) is 38.1 Å². The van der Waals surface area contributed by atoms with Gasteiger partial charge in [0.1, 0.15) is 5.84 Å². The first-order valence-electron chi connectivity index (χ1n) is 11.2. The van der Waals surface area contributed by atoms with E-state index < -0.39 is 0 Å². The largest absolute Gasteiger partial charge is 0.353 e. The minimum absolute atomic E-state index is 0.0814. The highest BCUT2D eigenvalue weighted by Gasteiger charge is 2.34. The van der Waals surface area contributed by atoms with Crippen molar-refractivity contribution < 1.29 is 9.59 Å². The fourth-order valence-corrected chi connectivity index (χ4v) is 3.57. The summed E-state index contributed by atoms with van der Waals surface area (Å²) in [6, 6.07) is 18.5. The summed E-state index contributed by atoms with van der Waals surface area (Å²) in [5, 5.41) is 5.61. The van der Waals surface area contributed by atoms with Crippen molar-refractivity contribution in [3.05, 3.63) is 77.4 Å². The molecule has 1 fully saturated rings. The minimum Gasteiger partial charge on any atom is -0.353 e. The monoisotopic (exact) mass is 433 g/mol. The van der Waals surface area contributed by atoms with E-state index in [-0.39, 0.29) is 30.2 Å². The number of aliphatic imine (C=N–C) groups is 1. The molecule has 5 nitrogen and oxygen atoms in total. The van der Waals surface area contributed by atoms with Gasteiger partial charge in [0, 0.05) is 19.5 Å². The third-order valence-electron chi connectivity index (χ3n) is 5.44. The summed E-state index contributed by atoms with van der Waals surface area (Å²) >= 11 is 0. The van der Waals surface area contributed by atoms with Crippen LogP contribution in [0.4, 0.5) is 0 Å². The Kier molecular flexibility index (Phi) is 9.86. The van der Waals surface area contributed by atoms with E-state index in [4.69, 9.17) is 0 Å². The SMILES string of the molecule is CCCc1cccc(/C(C)=C/C(=NC)NC(=O)C2CC(=O)NC2C)c1.Cc1ccccc1. The first-order chi connectivity index (χ1) is 15.3. The Bertz CT molecular complexity index is 964. The molecule has 2 aromatic carbocycles. The zero-order valence-electron chi connectivity index (χ0n) is 19.8. The van der Waals surface area contributed by atoms with Crippen molar-refractivity contribution in [1.29, 1.82) is 0 Å². The van der Waals surface area contributed by atoms with Crippen molar-refractivity contribution in [1.82, 2.24) is 10.6 Å². The molecule has 32 heavy (non-hydrogen) atoms. The summed E-state index contributed by atoms with van der Waals surface area (Å²) in [6.07, 6.45) is 4.26. The highest BCUT2D eigenvalue weighted by atomic mass is 16.2. The fraction of sp³-hybridized carbons (Fsp3) is 0.370. The van der Waals surface area contributed by atoms with Crippen LogP contribution in [0.1, 0.15) is 50.3 Å². The van der Waals surface area contributed by atoms with E-state index in [0.29, 0.717) is 5.84 Å². The van der Waals surface area contributed by atoms with Crippen LogP contribution in [-0.2, 0) is 16.0 Å².